The molecule has 1 fully saturated rings. The average molecular weight is 497 g/mol. The number of carbonyl (C=O) groups is 1. The van der Waals surface area contributed by atoms with Crippen LogP contribution in [0.25, 0.3) is 27.8 Å². The van der Waals surface area contributed by atoms with Crippen molar-refractivity contribution >= 4 is 22.5 Å². The van der Waals surface area contributed by atoms with E-state index in [0.717, 1.165) is 59.6 Å². The second kappa shape index (κ2) is 9.68. The number of nitrogens with zero attached hydrogens (tertiary/aromatic N) is 5. The lowest BCUT2D eigenvalue weighted by atomic mass is 9.87. The smallest absolute Gasteiger partial charge is 0.236 e. The fraction of sp³-hybridized carbons (Fsp3) is 0.433. The van der Waals surface area contributed by atoms with Gasteiger partial charge >= 0.3 is 0 Å². The molecule has 5 rings (SSSR count). The third-order valence-electron chi connectivity index (χ3n) is 7.83. The summed E-state index contributed by atoms with van der Waals surface area (Å²) >= 11 is 0. The molecule has 37 heavy (non-hydrogen) atoms. The number of aryl methyl sites for hydroxylation is 2. The summed E-state index contributed by atoms with van der Waals surface area (Å²) in [4.78, 5) is 24.4. The highest BCUT2D eigenvalue weighted by Crippen LogP contribution is 2.39. The van der Waals surface area contributed by atoms with Crippen LogP contribution in [0.2, 0.25) is 0 Å². The highest BCUT2D eigenvalue weighted by molar-refractivity contribution is 5.92. The summed E-state index contributed by atoms with van der Waals surface area (Å²) in [5, 5.41) is 11.0. The molecule has 4 heterocycles. The molecule has 1 saturated heterocycles. The van der Waals surface area contributed by atoms with E-state index in [0.29, 0.717) is 24.1 Å². The number of carbonyl (C=O) groups excluding carboxylic acids is 1. The van der Waals surface area contributed by atoms with Gasteiger partial charge in [-0.15, -0.1) is 0 Å². The van der Waals surface area contributed by atoms with E-state index in [1.54, 1.807) is 4.90 Å². The number of aromatic amines is 1. The zero-order valence-electron chi connectivity index (χ0n) is 22.7. The number of rotatable bonds is 5. The summed E-state index contributed by atoms with van der Waals surface area (Å²) in [7, 11) is 3.64. The van der Waals surface area contributed by atoms with Gasteiger partial charge in [-0.3, -0.25) is 14.1 Å². The number of amides is 1. The Kier molecular flexibility index (Phi) is 6.55. The van der Waals surface area contributed by atoms with Gasteiger partial charge in [0.2, 0.25) is 5.91 Å². The normalized spacial score (nSPS) is 15.1. The summed E-state index contributed by atoms with van der Waals surface area (Å²) in [6, 6.07) is 11.3. The van der Waals surface area contributed by atoms with E-state index < -0.39 is 0 Å². The van der Waals surface area contributed by atoms with Crippen molar-refractivity contribution in [1.82, 2.24) is 24.2 Å². The topological polar surface area (TPSA) is 80.4 Å². The number of pyridine rings is 1. The number of aromatic nitrogens is 3. The largest absolute Gasteiger partial charge is 0.354 e. The van der Waals surface area contributed by atoms with Crippen molar-refractivity contribution in [3.63, 3.8) is 0 Å². The zero-order valence-corrected chi connectivity index (χ0v) is 22.7. The lowest BCUT2D eigenvalue weighted by Crippen LogP contribution is -2.40. The van der Waals surface area contributed by atoms with E-state index >= 15 is 0 Å². The molecular weight excluding hydrogens is 460 g/mol. The standard InChI is InChI=1S/C30H36N6O/c1-18(2)28-24-14-22(21-9-11-35(12-10-21)17-27(37)34(5)6)7-8-25(24)33-29(28)23-13-19(3)30-32-20(4)26(15-31)36(30)16-23/h7-8,13-14,16,18,21,33H,9-12,17H2,1-6H3. The molecular formula is C30H36N6O. The molecule has 0 unspecified atom stereocenters. The quantitative estimate of drug-likeness (QED) is 0.403. The van der Waals surface area contributed by atoms with Gasteiger partial charge in [0.05, 0.1) is 17.9 Å². The van der Waals surface area contributed by atoms with Gasteiger partial charge in [0.25, 0.3) is 0 Å². The van der Waals surface area contributed by atoms with Gasteiger partial charge in [0.15, 0.2) is 0 Å². The van der Waals surface area contributed by atoms with Crippen LogP contribution in [0.3, 0.4) is 0 Å². The van der Waals surface area contributed by atoms with Gasteiger partial charge in [-0.2, -0.15) is 5.26 Å². The molecule has 0 saturated carbocycles. The molecule has 1 aromatic carbocycles. The summed E-state index contributed by atoms with van der Waals surface area (Å²) in [6.07, 6.45) is 4.17. The summed E-state index contributed by atoms with van der Waals surface area (Å²) in [6.45, 7) is 10.8. The van der Waals surface area contributed by atoms with Crippen LogP contribution in [0, 0.1) is 25.2 Å². The first-order valence-corrected chi connectivity index (χ1v) is 13.2. The SMILES string of the molecule is Cc1nc2c(C)cc(-c3[nH]c4ccc(C5CCN(CC(=O)N(C)C)CC5)cc4c3C(C)C)cn2c1C#N. The van der Waals surface area contributed by atoms with Gasteiger partial charge in [-0.05, 0) is 86.5 Å². The Balaban J connectivity index is 1.50. The van der Waals surface area contributed by atoms with E-state index in [1.807, 2.05) is 31.6 Å². The first-order chi connectivity index (χ1) is 17.7. The fourth-order valence-corrected chi connectivity index (χ4v) is 5.76. The van der Waals surface area contributed by atoms with Crippen LogP contribution in [0.15, 0.2) is 30.5 Å². The molecule has 192 valence electrons. The molecule has 3 aromatic heterocycles. The Morgan fingerprint density at radius 2 is 1.95 bits per heavy atom. The van der Waals surface area contributed by atoms with E-state index in [1.165, 1.54) is 16.5 Å². The van der Waals surface area contributed by atoms with Crippen molar-refractivity contribution in [2.45, 2.75) is 52.4 Å². The number of hydrogen-bond acceptors (Lipinski definition) is 4. The number of benzene rings is 1. The number of hydrogen-bond donors (Lipinski definition) is 1. The van der Waals surface area contributed by atoms with E-state index in [4.69, 9.17) is 0 Å². The third kappa shape index (κ3) is 4.51. The molecule has 7 nitrogen and oxygen atoms in total. The number of likely N-dealkylation sites (N-methyl/N-ethyl adjacent to an activating group) is 1. The molecule has 1 N–H and O–H groups in total. The Morgan fingerprint density at radius 3 is 2.59 bits per heavy atom. The number of H-pyrrole nitrogens is 1. The van der Waals surface area contributed by atoms with Crippen LogP contribution in [-0.4, -0.2) is 63.8 Å². The molecule has 1 aliphatic rings. The molecule has 0 atom stereocenters. The monoisotopic (exact) mass is 496 g/mol. The third-order valence-corrected chi connectivity index (χ3v) is 7.83. The van der Waals surface area contributed by atoms with E-state index in [2.05, 4.69) is 66.0 Å². The highest BCUT2D eigenvalue weighted by atomic mass is 16.2. The lowest BCUT2D eigenvalue weighted by molar-refractivity contribution is -0.130. The van der Waals surface area contributed by atoms with Crippen LogP contribution in [0.5, 0.6) is 0 Å². The first kappa shape index (κ1) is 25.0. The molecule has 0 aliphatic carbocycles. The number of fused-ring (bicyclic) bond motifs is 2. The lowest BCUT2D eigenvalue weighted by Gasteiger charge is -2.32. The number of piperidine rings is 1. The van der Waals surface area contributed by atoms with Crippen LogP contribution >= 0.6 is 0 Å². The maximum absolute atomic E-state index is 12.1. The van der Waals surface area contributed by atoms with Gasteiger partial charge in [0.1, 0.15) is 17.4 Å². The number of nitriles is 1. The minimum Gasteiger partial charge on any atom is -0.354 e. The van der Waals surface area contributed by atoms with Crippen LogP contribution in [0.1, 0.15) is 66.6 Å². The second-order valence-corrected chi connectivity index (χ2v) is 11.0. The molecule has 0 bridgehead atoms. The molecule has 1 amide bonds. The Morgan fingerprint density at radius 1 is 1.22 bits per heavy atom. The molecule has 1 aliphatic heterocycles. The van der Waals surface area contributed by atoms with Crippen molar-refractivity contribution < 1.29 is 4.79 Å². The van der Waals surface area contributed by atoms with Gasteiger partial charge in [-0.25, -0.2) is 4.98 Å². The molecule has 4 aromatic rings. The van der Waals surface area contributed by atoms with Crippen molar-refractivity contribution in [2.24, 2.45) is 0 Å². The Bertz CT molecular complexity index is 1530. The zero-order chi connectivity index (χ0) is 26.4. The predicted octanol–water partition coefficient (Wildman–Crippen LogP) is 5.36. The second-order valence-electron chi connectivity index (χ2n) is 11.0. The highest BCUT2D eigenvalue weighted by Gasteiger charge is 2.24. The van der Waals surface area contributed by atoms with Gasteiger partial charge < -0.3 is 9.88 Å². The van der Waals surface area contributed by atoms with Crippen molar-refractivity contribution in [3.05, 3.63) is 58.5 Å². The van der Waals surface area contributed by atoms with Crippen LogP contribution in [0.4, 0.5) is 0 Å². The Hall–Kier alpha value is -3.63. The van der Waals surface area contributed by atoms with Crippen LogP contribution < -0.4 is 0 Å². The number of nitrogens with one attached hydrogen (secondary N) is 1. The number of imidazole rings is 1. The van der Waals surface area contributed by atoms with Gasteiger partial charge in [0, 0.05) is 36.8 Å². The van der Waals surface area contributed by atoms with Gasteiger partial charge in [-0.1, -0.05) is 19.9 Å². The van der Waals surface area contributed by atoms with Crippen LogP contribution in [-0.2, 0) is 4.79 Å². The molecule has 0 spiro atoms. The summed E-state index contributed by atoms with van der Waals surface area (Å²) < 4.78 is 1.93. The molecule has 0 radical (unpaired) electrons. The maximum atomic E-state index is 12.1. The first-order valence-electron chi connectivity index (χ1n) is 13.2. The van der Waals surface area contributed by atoms with Crippen molar-refractivity contribution in [1.29, 1.82) is 5.26 Å². The maximum Gasteiger partial charge on any atom is 0.236 e. The molecule has 7 heteroatoms. The van der Waals surface area contributed by atoms with Crippen molar-refractivity contribution in [2.75, 3.05) is 33.7 Å². The average Bonchev–Trinajstić information content (AvgIpc) is 3.41. The van der Waals surface area contributed by atoms with E-state index in [9.17, 15) is 10.1 Å². The summed E-state index contributed by atoms with van der Waals surface area (Å²) in [5.74, 6) is 0.996. The summed E-state index contributed by atoms with van der Waals surface area (Å²) in [5.41, 5.74) is 9.22. The minimum absolute atomic E-state index is 0.169. The Labute approximate surface area is 218 Å². The number of likely N-dealkylation sites (tertiary alicyclic amines) is 1. The van der Waals surface area contributed by atoms with Crippen molar-refractivity contribution in [3.8, 4) is 17.3 Å². The minimum atomic E-state index is 0.169. The fourth-order valence-electron chi connectivity index (χ4n) is 5.76. The predicted molar refractivity (Wildman–Crippen MR) is 148 cm³/mol. The van der Waals surface area contributed by atoms with E-state index in [-0.39, 0.29) is 5.91 Å².